The molecule has 0 atom stereocenters. The molecular weight excluding hydrogens is 238 g/mol. The van der Waals surface area contributed by atoms with Crippen LogP contribution in [-0.2, 0) is 13.5 Å². The van der Waals surface area contributed by atoms with Crippen molar-refractivity contribution in [2.45, 2.75) is 25.9 Å². The first-order valence-corrected chi connectivity index (χ1v) is 6.66. The van der Waals surface area contributed by atoms with Crippen LogP contribution < -0.4 is 0 Å². The molecule has 2 aromatic rings. The smallest absolute Gasteiger partial charge is 0.0955 e. The summed E-state index contributed by atoms with van der Waals surface area (Å²) in [7, 11) is 4.05. The molecule has 0 radical (unpaired) electrons. The van der Waals surface area contributed by atoms with Crippen LogP contribution in [0.15, 0.2) is 24.5 Å². The molecule has 104 valence electrons. The zero-order valence-corrected chi connectivity index (χ0v) is 12.2. The Morgan fingerprint density at radius 2 is 2.11 bits per heavy atom. The monoisotopic (exact) mass is 261 g/mol. The number of nitrogens with zero attached hydrogens (tertiary/aromatic N) is 3. The van der Waals surface area contributed by atoms with Crippen molar-refractivity contribution in [1.82, 2.24) is 14.5 Å². The molecule has 0 saturated carbocycles. The third-order valence-corrected chi connectivity index (χ3v) is 3.23. The van der Waals surface area contributed by atoms with Gasteiger partial charge in [0.2, 0.25) is 0 Å². The van der Waals surface area contributed by atoms with E-state index in [2.05, 4.69) is 28.1 Å². The Morgan fingerprint density at radius 3 is 2.79 bits per heavy atom. The van der Waals surface area contributed by atoms with Crippen LogP contribution in [0.5, 0.6) is 0 Å². The van der Waals surface area contributed by atoms with E-state index < -0.39 is 5.60 Å². The fourth-order valence-corrected chi connectivity index (χ4v) is 2.40. The summed E-state index contributed by atoms with van der Waals surface area (Å²) in [6.07, 6.45) is 2.81. The molecule has 0 aliphatic carbocycles. The first-order valence-electron chi connectivity index (χ1n) is 6.66. The van der Waals surface area contributed by atoms with E-state index in [-0.39, 0.29) is 0 Å². The molecule has 0 unspecified atom stereocenters. The van der Waals surface area contributed by atoms with Crippen molar-refractivity contribution < 1.29 is 5.11 Å². The molecule has 0 fully saturated rings. The lowest BCUT2D eigenvalue weighted by Crippen LogP contribution is -2.37. The van der Waals surface area contributed by atoms with Crippen molar-refractivity contribution in [3.8, 4) is 0 Å². The third-order valence-electron chi connectivity index (χ3n) is 3.23. The van der Waals surface area contributed by atoms with Gasteiger partial charge in [-0.15, -0.1) is 0 Å². The number of hydrogen-bond donors (Lipinski definition) is 1. The molecule has 1 heterocycles. The summed E-state index contributed by atoms with van der Waals surface area (Å²) in [5, 5.41) is 9.77. The highest BCUT2D eigenvalue weighted by atomic mass is 16.3. The van der Waals surface area contributed by atoms with Gasteiger partial charge >= 0.3 is 0 Å². The minimum atomic E-state index is -0.639. The molecule has 0 aliphatic heterocycles. The van der Waals surface area contributed by atoms with Crippen molar-refractivity contribution in [3.05, 3.63) is 30.1 Å². The zero-order valence-electron chi connectivity index (χ0n) is 12.2. The Balaban J connectivity index is 1.98. The lowest BCUT2D eigenvalue weighted by Gasteiger charge is -2.25. The van der Waals surface area contributed by atoms with E-state index in [1.54, 1.807) is 0 Å². The SMILES string of the molecule is CN(CCc1ccc2c(c1)ncn2C)CC(C)(C)O. The fraction of sp³-hybridized carbons (Fsp3) is 0.533. The summed E-state index contributed by atoms with van der Waals surface area (Å²) < 4.78 is 2.03. The summed E-state index contributed by atoms with van der Waals surface area (Å²) in [5.74, 6) is 0. The number of benzene rings is 1. The summed E-state index contributed by atoms with van der Waals surface area (Å²) in [5.41, 5.74) is 2.85. The molecule has 0 bridgehead atoms. The molecule has 1 N–H and O–H groups in total. The largest absolute Gasteiger partial charge is 0.389 e. The van der Waals surface area contributed by atoms with Gasteiger partial charge in [0.1, 0.15) is 0 Å². The molecule has 0 spiro atoms. The normalized spacial score (nSPS) is 12.5. The number of hydrogen-bond acceptors (Lipinski definition) is 3. The molecule has 2 rings (SSSR count). The van der Waals surface area contributed by atoms with Crippen LogP contribution in [0.1, 0.15) is 19.4 Å². The van der Waals surface area contributed by atoms with Crippen molar-refractivity contribution in [3.63, 3.8) is 0 Å². The van der Waals surface area contributed by atoms with Crippen LogP contribution in [0.3, 0.4) is 0 Å². The quantitative estimate of drug-likeness (QED) is 0.892. The Morgan fingerprint density at radius 1 is 1.37 bits per heavy atom. The zero-order chi connectivity index (χ0) is 14.0. The van der Waals surface area contributed by atoms with E-state index in [1.165, 1.54) is 5.56 Å². The van der Waals surface area contributed by atoms with Gasteiger partial charge in [-0.2, -0.15) is 0 Å². The van der Waals surface area contributed by atoms with Crippen LogP contribution in [-0.4, -0.2) is 45.3 Å². The van der Waals surface area contributed by atoms with Crippen molar-refractivity contribution >= 4 is 11.0 Å². The second-order valence-electron chi connectivity index (χ2n) is 5.98. The highest BCUT2D eigenvalue weighted by Crippen LogP contribution is 2.14. The number of fused-ring (bicyclic) bond motifs is 1. The third kappa shape index (κ3) is 3.78. The lowest BCUT2D eigenvalue weighted by molar-refractivity contribution is 0.0450. The number of aromatic nitrogens is 2. The van der Waals surface area contributed by atoms with Crippen molar-refractivity contribution in [2.24, 2.45) is 7.05 Å². The fourth-order valence-electron chi connectivity index (χ4n) is 2.40. The predicted molar refractivity (Wildman–Crippen MR) is 78.2 cm³/mol. The summed E-state index contributed by atoms with van der Waals surface area (Å²) in [6, 6.07) is 6.42. The average Bonchev–Trinajstić information content (AvgIpc) is 2.66. The number of likely N-dealkylation sites (N-methyl/N-ethyl adjacent to an activating group) is 1. The molecule has 1 aromatic heterocycles. The Kier molecular flexibility index (Phi) is 3.92. The Labute approximate surface area is 114 Å². The van der Waals surface area contributed by atoms with Crippen LogP contribution in [0.2, 0.25) is 0 Å². The van der Waals surface area contributed by atoms with Gasteiger partial charge in [0.25, 0.3) is 0 Å². The first kappa shape index (κ1) is 14.0. The molecular formula is C15H23N3O. The van der Waals surface area contributed by atoms with E-state index in [0.717, 1.165) is 24.0 Å². The van der Waals surface area contributed by atoms with Crippen LogP contribution >= 0.6 is 0 Å². The highest BCUT2D eigenvalue weighted by Gasteiger charge is 2.15. The van der Waals surface area contributed by atoms with Gasteiger partial charge in [-0.25, -0.2) is 4.98 Å². The minimum Gasteiger partial charge on any atom is -0.389 e. The summed E-state index contributed by atoms with van der Waals surface area (Å²) >= 11 is 0. The molecule has 4 heteroatoms. The van der Waals surface area contributed by atoms with Gasteiger partial charge in [0.05, 0.1) is 23.0 Å². The second-order valence-corrected chi connectivity index (χ2v) is 5.98. The summed E-state index contributed by atoms with van der Waals surface area (Å²) in [6.45, 7) is 5.29. The van der Waals surface area contributed by atoms with Gasteiger partial charge in [-0.05, 0) is 45.0 Å². The van der Waals surface area contributed by atoms with E-state index in [0.29, 0.717) is 6.54 Å². The van der Waals surface area contributed by atoms with Crippen LogP contribution in [0.25, 0.3) is 11.0 Å². The summed E-state index contributed by atoms with van der Waals surface area (Å²) in [4.78, 5) is 6.53. The Hall–Kier alpha value is -1.39. The highest BCUT2D eigenvalue weighted by molar-refractivity contribution is 5.75. The predicted octanol–water partition coefficient (Wildman–Crippen LogP) is 1.82. The number of aryl methyl sites for hydroxylation is 1. The van der Waals surface area contributed by atoms with Crippen LogP contribution in [0, 0.1) is 0 Å². The maximum absolute atomic E-state index is 9.77. The van der Waals surface area contributed by atoms with Gasteiger partial charge in [0, 0.05) is 20.1 Å². The first-order chi connectivity index (χ1) is 8.85. The van der Waals surface area contributed by atoms with E-state index in [1.807, 2.05) is 38.8 Å². The van der Waals surface area contributed by atoms with Gasteiger partial charge in [0.15, 0.2) is 0 Å². The van der Waals surface area contributed by atoms with Crippen molar-refractivity contribution in [2.75, 3.05) is 20.1 Å². The number of rotatable bonds is 5. The van der Waals surface area contributed by atoms with E-state index >= 15 is 0 Å². The molecule has 19 heavy (non-hydrogen) atoms. The van der Waals surface area contributed by atoms with E-state index in [4.69, 9.17) is 0 Å². The van der Waals surface area contributed by atoms with Gasteiger partial charge < -0.3 is 14.6 Å². The second kappa shape index (κ2) is 5.31. The minimum absolute atomic E-state index is 0.639. The maximum atomic E-state index is 9.77. The lowest BCUT2D eigenvalue weighted by atomic mass is 10.1. The Bertz CT molecular complexity index is 554. The van der Waals surface area contributed by atoms with Gasteiger partial charge in [-0.1, -0.05) is 6.07 Å². The molecule has 1 aromatic carbocycles. The molecule has 4 nitrogen and oxygen atoms in total. The number of imidazole rings is 1. The molecule has 0 aliphatic rings. The topological polar surface area (TPSA) is 41.3 Å². The van der Waals surface area contributed by atoms with Crippen molar-refractivity contribution in [1.29, 1.82) is 0 Å². The average molecular weight is 261 g/mol. The van der Waals surface area contributed by atoms with Gasteiger partial charge in [-0.3, -0.25) is 0 Å². The number of aliphatic hydroxyl groups is 1. The standard InChI is InChI=1S/C15H23N3O/c1-15(2,19)10-17(3)8-7-12-5-6-14-13(9-12)16-11-18(14)4/h5-6,9,11,19H,7-8,10H2,1-4H3. The molecule has 0 amide bonds. The van der Waals surface area contributed by atoms with Crippen LogP contribution in [0.4, 0.5) is 0 Å². The maximum Gasteiger partial charge on any atom is 0.0955 e. The van der Waals surface area contributed by atoms with E-state index in [9.17, 15) is 5.11 Å². The molecule has 0 saturated heterocycles.